The molecule has 0 aromatic carbocycles. The lowest BCUT2D eigenvalue weighted by molar-refractivity contribution is -0.133. The molecule has 1 N–H and O–H groups in total. The molecule has 0 atom stereocenters. The first kappa shape index (κ1) is 5.03. The van der Waals surface area contributed by atoms with Crippen molar-refractivity contribution >= 4 is 5.97 Å². The van der Waals surface area contributed by atoms with Crippen LogP contribution in [0, 0.1) is 11.8 Å². The lowest BCUT2D eigenvalue weighted by atomic mass is 9.81. The largest absolute Gasteiger partial charge is 0.478 e. The highest BCUT2D eigenvalue weighted by atomic mass is 16.4. The van der Waals surface area contributed by atoms with Crippen molar-refractivity contribution in [1.82, 2.24) is 0 Å². The Balaban J connectivity index is 2.23. The predicted molar refractivity (Wildman–Crippen MR) is 31.9 cm³/mol. The van der Waals surface area contributed by atoms with Gasteiger partial charge in [-0.2, -0.15) is 0 Å². The monoisotopic (exact) mass is 124 g/mol. The van der Waals surface area contributed by atoms with Crippen molar-refractivity contribution in [3.8, 4) is 0 Å². The van der Waals surface area contributed by atoms with Crippen LogP contribution in [0.3, 0.4) is 0 Å². The van der Waals surface area contributed by atoms with Gasteiger partial charge in [-0.1, -0.05) is 6.08 Å². The molecule has 0 heterocycles. The number of aliphatic carboxylic acids is 1. The molecule has 2 heteroatoms. The van der Waals surface area contributed by atoms with E-state index < -0.39 is 5.97 Å². The van der Waals surface area contributed by atoms with Crippen molar-refractivity contribution in [3.63, 3.8) is 0 Å². The maximum Gasteiger partial charge on any atom is 0.331 e. The SMILES string of the molecule is O=C(O)C1=CC2CC1C2. The van der Waals surface area contributed by atoms with Gasteiger partial charge in [0.2, 0.25) is 0 Å². The topological polar surface area (TPSA) is 37.3 Å². The smallest absolute Gasteiger partial charge is 0.331 e. The summed E-state index contributed by atoms with van der Waals surface area (Å²) in [5.41, 5.74) is 0.667. The summed E-state index contributed by atoms with van der Waals surface area (Å²) in [6.07, 6.45) is 4.11. The fraction of sp³-hybridized carbons (Fsp3) is 0.571. The lowest BCUT2D eigenvalue weighted by Gasteiger charge is -2.23. The average molecular weight is 124 g/mol. The van der Waals surface area contributed by atoms with E-state index in [1.807, 2.05) is 6.08 Å². The van der Waals surface area contributed by atoms with Crippen LogP contribution in [0.25, 0.3) is 0 Å². The number of carboxylic acids is 1. The van der Waals surface area contributed by atoms with Crippen LogP contribution in [-0.2, 0) is 4.79 Å². The van der Waals surface area contributed by atoms with Crippen LogP contribution in [0.2, 0.25) is 0 Å². The second-order valence-corrected chi connectivity index (χ2v) is 2.86. The van der Waals surface area contributed by atoms with E-state index in [1.54, 1.807) is 0 Å². The average Bonchev–Trinajstić information content (AvgIpc) is 2.12. The van der Waals surface area contributed by atoms with Crippen molar-refractivity contribution in [1.29, 1.82) is 0 Å². The minimum atomic E-state index is -0.708. The second-order valence-electron chi connectivity index (χ2n) is 2.86. The van der Waals surface area contributed by atoms with Gasteiger partial charge in [-0.05, 0) is 24.7 Å². The Labute approximate surface area is 53.2 Å². The van der Waals surface area contributed by atoms with E-state index in [9.17, 15) is 4.79 Å². The molecule has 2 bridgehead atoms. The van der Waals surface area contributed by atoms with E-state index in [0.29, 0.717) is 17.4 Å². The van der Waals surface area contributed by atoms with E-state index in [1.165, 1.54) is 0 Å². The van der Waals surface area contributed by atoms with Crippen LogP contribution in [0.4, 0.5) is 0 Å². The molecule has 3 aliphatic rings. The maximum atomic E-state index is 10.4. The number of hydrogen-bond acceptors (Lipinski definition) is 1. The van der Waals surface area contributed by atoms with E-state index in [-0.39, 0.29) is 0 Å². The Morgan fingerprint density at radius 3 is 2.56 bits per heavy atom. The third kappa shape index (κ3) is 0.530. The van der Waals surface area contributed by atoms with Gasteiger partial charge in [0.1, 0.15) is 0 Å². The zero-order valence-electron chi connectivity index (χ0n) is 5.00. The zero-order chi connectivity index (χ0) is 6.43. The van der Waals surface area contributed by atoms with E-state index in [2.05, 4.69) is 0 Å². The van der Waals surface area contributed by atoms with Crippen LogP contribution < -0.4 is 0 Å². The molecule has 9 heavy (non-hydrogen) atoms. The van der Waals surface area contributed by atoms with Gasteiger partial charge in [-0.25, -0.2) is 4.79 Å². The van der Waals surface area contributed by atoms with Gasteiger partial charge >= 0.3 is 5.97 Å². The van der Waals surface area contributed by atoms with Gasteiger partial charge in [0.25, 0.3) is 0 Å². The van der Waals surface area contributed by atoms with Crippen molar-refractivity contribution in [2.24, 2.45) is 11.8 Å². The van der Waals surface area contributed by atoms with Crippen molar-refractivity contribution in [2.75, 3.05) is 0 Å². The standard InChI is InChI=1S/C7H8O2/c8-7(9)6-3-4-1-5(6)2-4/h3-5H,1-2H2,(H,8,9). The Morgan fingerprint density at radius 2 is 2.33 bits per heavy atom. The van der Waals surface area contributed by atoms with Crippen molar-refractivity contribution in [3.05, 3.63) is 11.6 Å². The third-order valence-electron chi connectivity index (χ3n) is 2.28. The minimum absolute atomic E-state index is 0.410. The summed E-state index contributed by atoms with van der Waals surface area (Å²) in [6.45, 7) is 0. The number of rotatable bonds is 1. The summed E-state index contributed by atoms with van der Waals surface area (Å²) in [7, 11) is 0. The molecule has 2 nitrogen and oxygen atoms in total. The predicted octanol–water partition coefficient (Wildman–Crippen LogP) is 1.04. The molecule has 1 fully saturated rings. The van der Waals surface area contributed by atoms with E-state index in [0.717, 1.165) is 12.8 Å². The molecule has 0 unspecified atom stereocenters. The molecule has 1 saturated carbocycles. The molecule has 0 spiro atoms. The highest BCUT2D eigenvalue weighted by molar-refractivity contribution is 5.88. The van der Waals surface area contributed by atoms with E-state index >= 15 is 0 Å². The Hall–Kier alpha value is -0.790. The fourth-order valence-electron chi connectivity index (χ4n) is 1.69. The highest BCUT2D eigenvalue weighted by Crippen LogP contribution is 2.47. The van der Waals surface area contributed by atoms with E-state index in [4.69, 9.17) is 5.11 Å². The third-order valence-corrected chi connectivity index (χ3v) is 2.28. The quantitative estimate of drug-likeness (QED) is 0.567. The molecule has 0 amide bonds. The van der Waals surface area contributed by atoms with Gasteiger partial charge in [0.05, 0.1) is 0 Å². The molecule has 0 aromatic rings. The summed E-state index contributed by atoms with van der Waals surface area (Å²) in [4.78, 5) is 10.4. The molecule has 48 valence electrons. The zero-order valence-corrected chi connectivity index (χ0v) is 5.00. The molecular weight excluding hydrogens is 116 g/mol. The fourth-order valence-corrected chi connectivity index (χ4v) is 1.69. The molecule has 0 aliphatic heterocycles. The number of carboxylic acid groups (broad SMARTS) is 1. The molecule has 0 radical (unpaired) electrons. The highest BCUT2D eigenvalue weighted by Gasteiger charge is 2.40. The summed E-state index contributed by atoms with van der Waals surface area (Å²) in [5, 5.41) is 8.54. The van der Waals surface area contributed by atoms with Gasteiger partial charge in [-0.3, -0.25) is 0 Å². The van der Waals surface area contributed by atoms with Crippen LogP contribution in [-0.4, -0.2) is 11.1 Å². The first-order valence-electron chi connectivity index (χ1n) is 3.22. The Kier molecular flexibility index (Phi) is 0.770. The number of allylic oxidation sites excluding steroid dienone is 1. The molecule has 0 saturated heterocycles. The normalized spacial score (nSPS) is 37.6. The van der Waals surface area contributed by atoms with Crippen LogP contribution >= 0.6 is 0 Å². The molecule has 3 rings (SSSR count). The van der Waals surface area contributed by atoms with Gasteiger partial charge in [0, 0.05) is 5.57 Å². The summed E-state index contributed by atoms with van der Waals surface area (Å²) < 4.78 is 0. The summed E-state index contributed by atoms with van der Waals surface area (Å²) in [5.74, 6) is 0.314. The van der Waals surface area contributed by atoms with Gasteiger partial charge in [0.15, 0.2) is 0 Å². The molecule has 3 aliphatic carbocycles. The second kappa shape index (κ2) is 1.38. The Bertz CT molecular complexity index is 187. The minimum Gasteiger partial charge on any atom is -0.478 e. The molecular formula is C7H8O2. The number of carbonyl (C=O) groups is 1. The molecule has 0 aromatic heterocycles. The van der Waals surface area contributed by atoms with Gasteiger partial charge < -0.3 is 5.11 Å². The first-order valence-corrected chi connectivity index (χ1v) is 3.22. The summed E-state index contributed by atoms with van der Waals surface area (Å²) >= 11 is 0. The first-order chi connectivity index (χ1) is 4.27. The maximum absolute atomic E-state index is 10.4. The van der Waals surface area contributed by atoms with Crippen LogP contribution in [0.15, 0.2) is 11.6 Å². The van der Waals surface area contributed by atoms with Crippen LogP contribution in [0.1, 0.15) is 12.8 Å². The van der Waals surface area contributed by atoms with Crippen molar-refractivity contribution in [2.45, 2.75) is 12.8 Å². The number of hydrogen-bond donors (Lipinski definition) is 1. The lowest BCUT2D eigenvalue weighted by Crippen LogP contribution is -2.17. The van der Waals surface area contributed by atoms with Crippen LogP contribution in [0.5, 0.6) is 0 Å². The summed E-state index contributed by atoms with van der Waals surface area (Å²) in [6, 6.07) is 0. The van der Waals surface area contributed by atoms with Crippen molar-refractivity contribution < 1.29 is 9.90 Å². The van der Waals surface area contributed by atoms with Gasteiger partial charge in [-0.15, -0.1) is 0 Å². The Morgan fingerprint density at radius 1 is 1.67 bits per heavy atom.